The lowest BCUT2D eigenvalue weighted by molar-refractivity contribution is 0.510. The highest BCUT2D eigenvalue weighted by molar-refractivity contribution is 5.35. The van der Waals surface area contributed by atoms with Gasteiger partial charge in [0.2, 0.25) is 0 Å². The maximum absolute atomic E-state index is 9.61. The second kappa shape index (κ2) is 11.3. The first-order chi connectivity index (χ1) is 8.29. The number of carbonyl (C=O) groups is 1. The van der Waals surface area contributed by atoms with Gasteiger partial charge in [-0.3, -0.25) is 4.79 Å². The van der Waals surface area contributed by atoms with Gasteiger partial charge in [-0.05, 0) is 30.4 Å². The van der Waals surface area contributed by atoms with E-state index < -0.39 is 6.54 Å². The van der Waals surface area contributed by atoms with E-state index >= 15 is 0 Å². The van der Waals surface area contributed by atoms with Crippen LogP contribution >= 0.6 is 0 Å². The Morgan fingerprint density at radius 3 is 2.18 bits per heavy atom. The van der Waals surface area contributed by atoms with E-state index in [1.54, 1.807) is 5.56 Å². The Morgan fingerprint density at radius 1 is 1.06 bits per heavy atom. The molecule has 0 aromatic heterocycles. The van der Waals surface area contributed by atoms with Crippen LogP contribution in [0.25, 0.3) is 0 Å². The molecule has 0 aliphatic heterocycles. The Kier molecular flexibility index (Phi) is 10.5. The molecular formula is C15H23FO. The maximum Gasteiger partial charge on any atom is 0.289 e. The number of carbonyl (C=O) groups excluding carboxylic acids is 1. The third-order valence-corrected chi connectivity index (χ3v) is 2.80. The van der Waals surface area contributed by atoms with E-state index in [1.807, 2.05) is 0 Å². The van der Waals surface area contributed by atoms with Crippen LogP contribution in [-0.2, 0) is 17.6 Å². The summed E-state index contributed by atoms with van der Waals surface area (Å²) in [4.78, 5) is 8.14. The highest BCUT2D eigenvalue weighted by Gasteiger charge is 1.98. The van der Waals surface area contributed by atoms with Crippen molar-refractivity contribution in [3.8, 4) is 0 Å². The first-order valence-electron chi connectivity index (χ1n) is 6.40. The van der Waals surface area contributed by atoms with Crippen LogP contribution in [0.5, 0.6) is 0 Å². The minimum absolute atomic E-state index is 0.750. The van der Waals surface area contributed by atoms with Crippen LogP contribution in [0.3, 0.4) is 0 Å². The van der Waals surface area contributed by atoms with Crippen LogP contribution in [0.2, 0.25) is 0 Å². The Hall–Kier alpha value is -1.18. The summed E-state index contributed by atoms with van der Waals surface area (Å²) in [5, 5.41) is 0. The van der Waals surface area contributed by atoms with Gasteiger partial charge in [0.15, 0.2) is 0 Å². The summed E-state index contributed by atoms with van der Waals surface area (Å²) in [6, 6.07) is 8.85. The van der Waals surface area contributed by atoms with Crippen molar-refractivity contribution in [3.63, 3.8) is 0 Å². The summed E-state index contributed by atoms with van der Waals surface area (Å²) in [5.74, 6) is 0. The third-order valence-electron chi connectivity index (χ3n) is 2.80. The Labute approximate surface area is 104 Å². The number of unbranched alkanes of at least 4 members (excludes halogenated alkanes) is 3. The van der Waals surface area contributed by atoms with Crippen molar-refractivity contribution in [1.29, 1.82) is 0 Å². The van der Waals surface area contributed by atoms with E-state index in [-0.39, 0.29) is 0 Å². The van der Waals surface area contributed by atoms with Gasteiger partial charge in [0.05, 0.1) is 0 Å². The molecule has 0 unspecified atom stereocenters. The van der Waals surface area contributed by atoms with Crippen LogP contribution < -0.4 is 0 Å². The van der Waals surface area contributed by atoms with Gasteiger partial charge < -0.3 is 0 Å². The van der Waals surface area contributed by atoms with Crippen LogP contribution in [0.15, 0.2) is 24.3 Å². The predicted octanol–water partition coefficient (Wildman–Crippen LogP) is 4.52. The minimum atomic E-state index is -0.750. The van der Waals surface area contributed by atoms with E-state index in [0.29, 0.717) is 0 Å². The fourth-order valence-electron chi connectivity index (χ4n) is 1.89. The fourth-order valence-corrected chi connectivity index (χ4v) is 1.89. The van der Waals surface area contributed by atoms with E-state index in [0.717, 1.165) is 0 Å². The van der Waals surface area contributed by atoms with Crippen molar-refractivity contribution in [2.45, 2.75) is 52.4 Å². The monoisotopic (exact) mass is 238 g/mol. The number of hydrogen-bond acceptors (Lipinski definition) is 1. The first-order valence-corrected chi connectivity index (χ1v) is 6.40. The van der Waals surface area contributed by atoms with E-state index in [1.165, 1.54) is 44.1 Å². The molecule has 0 spiro atoms. The van der Waals surface area contributed by atoms with E-state index in [9.17, 15) is 4.39 Å². The summed E-state index contributed by atoms with van der Waals surface area (Å²) in [5.41, 5.74) is 3.09. The van der Waals surface area contributed by atoms with Crippen molar-refractivity contribution in [2.24, 2.45) is 0 Å². The van der Waals surface area contributed by atoms with Gasteiger partial charge in [-0.1, -0.05) is 57.4 Å². The molecule has 1 nitrogen and oxygen atoms in total. The summed E-state index contributed by atoms with van der Waals surface area (Å²) >= 11 is 0. The number of halogens is 1. The summed E-state index contributed by atoms with van der Waals surface area (Å²) < 4.78 is 9.61. The molecule has 0 N–H and O–H groups in total. The topological polar surface area (TPSA) is 17.1 Å². The molecule has 0 saturated carbocycles. The Morgan fingerprint density at radius 2 is 1.65 bits per heavy atom. The smallest absolute Gasteiger partial charge is 0.265 e. The standard InChI is InChI=1S/C14H22.CHFO/c1-3-5-6-7-11-14-12-9-8-10-13(14)4-2;2-1-3/h8-10,12H,3-7,11H2,1-2H3;1H. The second-order valence-electron chi connectivity index (χ2n) is 4.02. The Balaban J connectivity index is 0.000000770. The van der Waals surface area contributed by atoms with Crippen molar-refractivity contribution in [1.82, 2.24) is 0 Å². The zero-order valence-corrected chi connectivity index (χ0v) is 10.9. The number of rotatable bonds is 6. The average molecular weight is 238 g/mol. The molecule has 0 saturated heterocycles. The zero-order valence-electron chi connectivity index (χ0n) is 10.9. The van der Waals surface area contributed by atoms with Crippen LogP contribution in [0, 0.1) is 0 Å². The number of hydrogen-bond donors (Lipinski definition) is 0. The average Bonchev–Trinajstić information content (AvgIpc) is 2.36. The highest BCUT2D eigenvalue weighted by atomic mass is 19.1. The number of aryl methyl sites for hydroxylation is 2. The van der Waals surface area contributed by atoms with Crippen molar-refractivity contribution >= 4 is 6.54 Å². The minimum Gasteiger partial charge on any atom is -0.265 e. The molecule has 0 bridgehead atoms. The van der Waals surface area contributed by atoms with Gasteiger partial charge >= 0.3 is 0 Å². The van der Waals surface area contributed by atoms with Crippen molar-refractivity contribution < 1.29 is 9.18 Å². The first kappa shape index (κ1) is 15.8. The van der Waals surface area contributed by atoms with Crippen LogP contribution in [0.1, 0.15) is 50.7 Å². The van der Waals surface area contributed by atoms with Crippen LogP contribution in [0.4, 0.5) is 4.39 Å². The lowest BCUT2D eigenvalue weighted by atomic mass is 9.99. The molecule has 0 fully saturated rings. The molecule has 0 atom stereocenters. The van der Waals surface area contributed by atoms with Gasteiger partial charge in [0.1, 0.15) is 0 Å². The molecular weight excluding hydrogens is 215 g/mol. The molecule has 1 aromatic rings. The molecule has 2 heteroatoms. The molecule has 0 amide bonds. The SMILES string of the molecule is CCCCCCc1ccccc1CC.O=CF. The molecule has 1 rings (SSSR count). The maximum atomic E-state index is 9.61. The molecule has 0 heterocycles. The van der Waals surface area contributed by atoms with Gasteiger partial charge in [0.25, 0.3) is 6.54 Å². The molecule has 96 valence electrons. The van der Waals surface area contributed by atoms with Gasteiger partial charge in [0, 0.05) is 0 Å². The molecule has 0 radical (unpaired) electrons. The second-order valence-corrected chi connectivity index (χ2v) is 4.02. The Bertz CT molecular complexity index is 297. The fraction of sp³-hybridized carbons (Fsp3) is 0.533. The lowest BCUT2D eigenvalue weighted by Crippen LogP contribution is -1.92. The largest absolute Gasteiger partial charge is 0.289 e. The highest BCUT2D eigenvalue weighted by Crippen LogP contribution is 2.13. The number of benzene rings is 1. The van der Waals surface area contributed by atoms with E-state index in [4.69, 9.17) is 4.79 Å². The zero-order chi connectivity index (χ0) is 12.9. The summed E-state index contributed by atoms with van der Waals surface area (Å²) in [6.07, 6.45) is 7.89. The normalized spacial score (nSPS) is 9.35. The lowest BCUT2D eigenvalue weighted by Gasteiger charge is -2.06. The van der Waals surface area contributed by atoms with Crippen molar-refractivity contribution in [2.75, 3.05) is 0 Å². The van der Waals surface area contributed by atoms with Crippen LogP contribution in [-0.4, -0.2) is 6.54 Å². The molecule has 1 aromatic carbocycles. The quantitative estimate of drug-likeness (QED) is 0.404. The van der Waals surface area contributed by atoms with E-state index in [2.05, 4.69) is 38.1 Å². The summed E-state index contributed by atoms with van der Waals surface area (Å²) in [7, 11) is 0. The molecule has 0 aliphatic rings. The summed E-state index contributed by atoms with van der Waals surface area (Å²) in [6.45, 7) is 3.75. The molecule has 0 aliphatic carbocycles. The molecule has 17 heavy (non-hydrogen) atoms. The van der Waals surface area contributed by atoms with Gasteiger partial charge in [-0.15, -0.1) is 0 Å². The van der Waals surface area contributed by atoms with Crippen molar-refractivity contribution in [3.05, 3.63) is 35.4 Å². The van der Waals surface area contributed by atoms with Gasteiger partial charge in [-0.25, -0.2) is 0 Å². The third kappa shape index (κ3) is 7.67. The predicted molar refractivity (Wildman–Crippen MR) is 71.5 cm³/mol. The van der Waals surface area contributed by atoms with Gasteiger partial charge in [-0.2, -0.15) is 4.39 Å².